The minimum absolute atomic E-state index is 0.0942. The van der Waals surface area contributed by atoms with Gasteiger partial charge in [0.25, 0.3) is 5.91 Å². The molecule has 1 aromatic heterocycles. The molecule has 0 saturated carbocycles. The number of methoxy groups -OCH3 is 1. The van der Waals surface area contributed by atoms with E-state index in [1.807, 2.05) is 0 Å². The number of pyridine rings is 1. The summed E-state index contributed by atoms with van der Waals surface area (Å²) in [6.45, 7) is -0.116. The van der Waals surface area contributed by atoms with Gasteiger partial charge in [-0.3, -0.25) is 4.79 Å². The predicted molar refractivity (Wildman–Crippen MR) is 60.0 cm³/mol. The second-order valence-electron chi connectivity index (χ2n) is 3.18. The van der Waals surface area contributed by atoms with Gasteiger partial charge in [-0.15, -0.1) is 0 Å². The maximum Gasteiger partial charge on any atom is 0.328 e. The summed E-state index contributed by atoms with van der Waals surface area (Å²) < 4.78 is 4.68. The van der Waals surface area contributed by atoms with Crippen LogP contribution in [0.3, 0.4) is 0 Å². The van der Waals surface area contributed by atoms with Crippen molar-refractivity contribution in [1.82, 2.24) is 10.3 Å². The molecule has 0 aliphatic heterocycles. The van der Waals surface area contributed by atoms with Gasteiger partial charge in [-0.25, -0.2) is 9.78 Å². The second kappa shape index (κ2) is 6.17. The first-order chi connectivity index (χ1) is 8.04. The summed E-state index contributed by atoms with van der Waals surface area (Å²) in [7, 11) is 1.35. The molecule has 1 amide bonds. The van der Waals surface area contributed by atoms with Gasteiger partial charge in [-0.05, 0) is 12.1 Å². The molecule has 0 spiro atoms. The molecule has 2 N–H and O–H groups in total. The zero-order chi connectivity index (χ0) is 12.8. The van der Waals surface area contributed by atoms with Crippen molar-refractivity contribution in [2.24, 2.45) is 0 Å². The van der Waals surface area contributed by atoms with Crippen LogP contribution in [-0.4, -0.2) is 41.7 Å². The Hall–Kier alpha value is -1.66. The lowest BCUT2D eigenvalue weighted by atomic mass is 10.3. The van der Waals surface area contributed by atoms with Crippen molar-refractivity contribution in [2.75, 3.05) is 13.7 Å². The van der Waals surface area contributed by atoms with E-state index in [1.165, 1.54) is 25.4 Å². The van der Waals surface area contributed by atoms with Gasteiger partial charge in [0.05, 0.1) is 11.6 Å². The minimum atomic E-state index is -1.17. The van der Waals surface area contributed by atoms with Crippen LogP contribution in [0.2, 0.25) is 5.02 Å². The lowest BCUT2D eigenvalue weighted by molar-refractivity contribution is -0.140. The monoisotopic (exact) mass is 258 g/mol. The smallest absolute Gasteiger partial charge is 0.328 e. The Morgan fingerprint density at radius 1 is 1.59 bits per heavy atom. The number of nitrogens with one attached hydrogen (secondary N) is 1. The highest BCUT2D eigenvalue weighted by Gasteiger charge is 2.20. The van der Waals surface area contributed by atoms with Gasteiger partial charge in [0.1, 0.15) is 5.69 Å². The van der Waals surface area contributed by atoms with E-state index in [-0.39, 0.29) is 12.3 Å². The third kappa shape index (κ3) is 4.01. The molecule has 0 bridgehead atoms. The summed E-state index contributed by atoms with van der Waals surface area (Å²) in [6.07, 6.45) is 1.31. The van der Waals surface area contributed by atoms with E-state index in [0.717, 1.165) is 0 Å². The van der Waals surface area contributed by atoms with Crippen LogP contribution in [0.25, 0.3) is 0 Å². The molecule has 17 heavy (non-hydrogen) atoms. The molecule has 1 heterocycles. The summed E-state index contributed by atoms with van der Waals surface area (Å²) in [5, 5.41) is 11.5. The number of amides is 1. The summed E-state index contributed by atoms with van der Waals surface area (Å²) >= 11 is 5.61. The van der Waals surface area contributed by atoms with E-state index < -0.39 is 17.9 Å². The van der Waals surface area contributed by atoms with E-state index in [0.29, 0.717) is 5.02 Å². The third-order valence-electron chi connectivity index (χ3n) is 1.90. The van der Waals surface area contributed by atoms with Crippen LogP contribution in [0.1, 0.15) is 10.5 Å². The first-order valence-electron chi connectivity index (χ1n) is 4.68. The number of aromatic nitrogens is 1. The number of aliphatic carboxylic acids is 1. The van der Waals surface area contributed by atoms with Crippen molar-refractivity contribution in [3.05, 3.63) is 29.0 Å². The summed E-state index contributed by atoms with van der Waals surface area (Å²) in [5.41, 5.74) is 0.0942. The lowest BCUT2D eigenvalue weighted by Crippen LogP contribution is -2.44. The molecule has 92 valence electrons. The van der Waals surface area contributed by atoms with E-state index >= 15 is 0 Å². The SMILES string of the molecule is COCC(NC(=O)c1ccc(Cl)cn1)C(=O)O. The van der Waals surface area contributed by atoms with Gasteiger partial charge in [0.2, 0.25) is 0 Å². The number of carboxylic acid groups (broad SMARTS) is 1. The van der Waals surface area contributed by atoms with Crippen LogP contribution in [0.4, 0.5) is 0 Å². The van der Waals surface area contributed by atoms with Crippen LogP contribution in [0.15, 0.2) is 18.3 Å². The highest BCUT2D eigenvalue weighted by molar-refractivity contribution is 6.30. The van der Waals surface area contributed by atoms with Crippen molar-refractivity contribution in [1.29, 1.82) is 0 Å². The molecule has 1 unspecified atom stereocenters. The molecule has 0 aromatic carbocycles. The van der Waals surface area contributed by atoms with Crippen molar-refractivity contribution in [3.63, 3.8) is 0 Å². The fourth-order valence-electron chi connectivity index (χ4n) is 1.08. The molecule has 0 saturated heterocycles. The zero-order valence-electron chi connectivity index (χ0n) is 9.01. The number of hydrogen-bond acceptors (Lipinski definition) is 4. The molecule has 1 atom stereocenters. The Morgan fingerprint density at radius 3 is 2.76 bits per heavy atom. The molecule has 0 fully saturated rings. The Bertz CT molecular complexity index is 407. The van der Waals surface area contributed by atoms with E-state index in [2.05, 4.69) is 15.0 Å². The summed E-state index contributed by atoms with van der Waals surface area (Å²) in [4.78, 5) is 26.2. The summed E-state index contributed by atoms with van der Waals surface area (Å²) in [6, 6.07) is 1.80. The number of rotatable bonds is 5. The maximum absolute atomic E-state index is 11.6. The van der Waals surface area contributed by atoms with Crippen molar-refractivity contribution < 1.29 is 19.4 Å². The number of ether oxygens (including phenoxy) is 1. The van der Waals surface area contributed by atoms with Crippen molar-refractivity contribution in [2.45, 2.75) is 6.04 Å². The van der Waals surface area contributed by atoms with Crippen LogP contribution >= 0.6 is 11.6 Å². The van der Waals surface area contributed by atoms with Crippen LogP contribution in [-0.2, 0) is 9.53 Å². The largest absolute Gasteiger partial charge is 0.480 e. The van der Waals surface area contributed by atoms with Crippen LogP contribution in [0.5, 0.6) is 0 Å². The molecule has 0 radical (unpaired) electrons. The van der Waals surface area contributed by atoms with Crippen molar-refractivity contribution >= 4 is 23.5 Å². The molecule has 6 nitrogen and oxygen atoms in total. The predicted octanol–water partition coefficient (Wildman–Crippen LogP) is 0.564. The number of carbonyl (C=O) groups excluding carboxylic acids is 1. The Labute approximate surface area is 103 Å². The van der Waals surface area contributed by atoms with Gasteiger partial charge in [0.15, 0.2) is 6.04 Å². The molecule has 7 heteroatoms. The first kappa shape index (κ1) is 13.4. The van der Waals surface area contributed by atoms with Gasteiger partial charge in [0, 0.05) is 13.3 Å². The van der Waals surface area contributed by atoms with E-state index in [4.69, 9.17) is 16.7 Å². The lowest BCUT2D eigenvalue weighted by Gasteiger charge is -2.12. The number of carboxylic acids is 1. The number of halogens is 1. The van der Waals surface area contributed by atoms with Gasteiger partial charge in [-0.1, -0.05) is 11.6 Å². The fourth-order valence-corrected chi connectivity index (χ4v) is 1.20. The van der Waals surface area contributed by atoms with Gasteiger partial charge < -0.3 is 15.2 Å². The van der Waals surface area contributed by atoms with E-state index in [1.54, 1.807) is 0 Å². The molecule has 1 aromatic rings. The van der Waals surface area contributed by atoms with Gasteiger partial charge in [-0.2, -0.15) is 0 Å². The Balaban J connectivity index is 2.70. The standard InChI is InChI=1S/C10H11ClN2O4/c1-17-5-8(10(15)16)13-9(14)7-3-2-6(11)4-12-7/h2-4,8H,5H2,1H3,(H,13,14)(H,15,16). The number of hydrogen-bond donors (Lipinski definition) is 2. The normalized spacial score (nSPS) is 11.9. The zero-order valence-corrected chi connectivity index (χ0v) is 9.77. The number of carbonyl (C=O) groups is 2. The molecular weight excluding hydrogens is 248 g/mol. The quantitative estimate of drug-likeness (QED) is 0.806. The first-order valence-corrected chi connectivity index (χ1v) is 5.06. The third-order valence-corrected chi connectivity index (χ3v) is 2.12. The minimum Gasteiger partial charge on any atom is -0.480 e. The van der Waals surface area contributed by atoms with E-state index in [9.17, 15) is 9.59 Å². The highest BCUT2D eigenvalue weighted by Crippen LogP contribution is 2.06. The molecule has 1 rings (SSSR count). The summed E-state index contributed by atoms with van der Waals surface area (Å²) in [5.74, 6) is -1.76. The maximum atomic E-state index is 11.6. The van der Waals surface area contributed by atoms with Crippen LogP contribution in [0, 0.1) is 0 Å². The average Bonchev–Trinajstić information content (AvgIpc) is 2.29. The Morgan fingerprint density at radius 2 is 2.29 bits per heavy atom. The molecule has 0 aliphatic carbocycles. The molecular formula is C10H11ClN2O4. The van der Waals surface area contributed by atoms with Gasteiger partial charge >= 0.3 is 5.97 Å². The molecule has 0 aliphatic rings. The average molecular weight is 259 g/mol. The Kier molecular flexibility index (Phi) is 4.86. The van der Waals surface area contributed by atoms with Crippen molar-refractivity contribution in [3.8, 4) is 0 Å². The number of nitrogens with zero attached hydrogens (tertiary/aromatic N) is 1. The topological polar surface area (TPSA) is 88.5 Å². The highest BCUT2D eigenvalue weighted by atomic mass is 35.5. The van der Waals surface area contributed by atoms with Crippen LogP contribution < -0.4 is 5.32 Å². The second-order valence-corrected chi connectivity index (χ2v) is 3.62. The fraction of sp³-hybridized carbons (Fsp3) is 0.300.